The van der Waals surface area contributed by atoms with E-state index in [9.17, 15) is 9.90 Å². The lowest BCUT2D eigenvalue weighted by atomic mass is 9.45. The van der Waals surface area contributed by atoms with E-state index < -0.39 is 17.5 Å². The number of allylic oxidation sites excluding steroid dienone is 4. The fourth-order valence-corrected chi connectivity index (χ4v) is 8.65. The molecule has 2 heterocycles. The monoisotopic (exact) mass is 416 g/mol. The second-order valence-electron chi connectivity index (χ2n) is 10.8. The van der Waals surface area contributed by atoms with Gasteiger partial charge in [-0.2, -0.15) is 0 Å². The second kappa shape index (κ2) is 6.04. The molecule has 0 amide bonds. The van der Waals surface area contributed by atoms with Crippen molar-refractivity contribution in [2.45, 2.75) is 70.4 Å². The molecule has 164 valence electrons. The Labute approximate surface area is 177 Å². The van der Waals surface area contributed by atoms with Crippen LogP contribution < -0.4 is 0 Å². The van der Waals surface area contributed by atoms with Gasteiger partial charge >= 0.3 is 0 Å². The van der Waals surface area contributed by atoms with Gasteiger partial charge in [0.15, 0.2) is 19.4 Å². The quantitative estimate of drug-likeness (QED) is 0.612. The largest absolute Gasteiger partial charge is 0.393 e. The molecule has 0 aromatic rings. The number of rotatable bonds is 0. The molecule has 6 aliphatic rings. The molecule has 6 nitrogen and oxygen atoms in total. The van der Waals surface area contributed by atoms with Crippen molar-refractivity contribution in [2.24, 2.45) is 28.6 Å². The summed E-state index contributed by atoms with van der Waals surface area (Å²) >= 11 is 0. The summed E-state index contributed by atoms with van der Waals surface area (Å²) in [6.45, 7) is 7.51. The average Bonchev–Trinajstić information content (AvgIpc) is 3.38. The zero-order chi connectivity index (χ0) is 20.9. The van der Waals surface area contributed by atoms with Crippen molar-refractivity contribution < 1.29 is 28.8 Å². The highest BCUT2D eigenvalue weighted by molar-refractivity contribution is 5.93. The highest BCUT2D eigenvalue weighted by atomic mass is 16.9. The lowest BCUT2D eigenvalue weighted by Gasteiger charge is -2.61. The molecular formula is C24H32O6. The smallest absolute Gasteiger partial charge is 0.226 e. The van der Waals surface area contributed by atoms with Crippen LogP contribution in [0.25, 0.3) is 0 Å². The third-order valence-electron chi connectivity index (χ3n) is 9.82. The first-order valence-corrected chi connectivity index (χ1v) is 11.4. The molecule has 6 rings (SSSR count). The minimum absolute atomic E-state index is 0.118. The van der Waals surface area contributed by atoms with E-state index in [2.05, 4.69) is 26.8 Å². The van der Waals surface area contributed by atoms with Crippen molar-refractivity contribution in [3.05, 3.63) is 23.3 Å². The van der Waals surface area contributed by atoms with Crippen LogP contribution in [0.5, 0.6) is 0 Å². The summed E-state index contributed by atoms with van der Waals surface area (Å²) in [6.07, 6.45) is 7.31. The van der Waals surface area contributed by atoms with Gasteiger partial charge in [-0.3, -0.25) is 4.79 Å². The molecule has 2 spiro atoms. The van der Waals surface area contributed by atoms with Crippen LogP contribution in [0.4, 0.5) is 0 Å². The third kappa shape index (κ3) is 2.10. The van der Waals surface area contributed by atoms with Gasteiger partial charge in [0.05, 0.1) is 6.10 Å². The molecule has 2 saturated heterocycles. The molecule has 0 aromatic heterocycles. The van der Waals surface area contributed by atoms with Crippen molar-refractivity contribution >= 4 is 5.78 Å². The molecule has 6 heteroatoms. The summed E-state index contributed by atoms with van der Waals surface area (Å²) in [7, 11) is 0. The van der Waals surface area contributed by atoms with E-state index in [0.29, 0.717) is 31.3 Å². The Morgan fingerprint density at radius 2 is 1.97 bits per heavy atom. The molecule has 0 aromatic carbocycles. The lowest BCUT2D eigenvalue weighted by Crippen LogP contribution is -2.66. The average molecular weight is 417 g/mol. The van der Waals surface area contributed by atoms with Gasteiger partial charge in [-0.05, 0) is 50.5 Å². The molecule has 4 aliphatic carbocycles. The molecule has 0 radical (unpaired) electrons. The topological polar surface area (TPSA) is 74.2 Å². The van der Waals surface area contributed by atoms with E-state index in [1.807, 2.05) is 0 Å². The van der Waals surface area contributed by atoms with E-state index in [1.165, 1.54) is 11.1 Å². The fourth-order valence-electron chi connectivity index (χ4n) is 8.65. The predicted octanol–water partition coefficient (Wildman–Crippen LogP) is 3.10. The van der Waals surface area contributed by atoms with Gasteiger partial charge in [0.1, 0.15) is 12.2 Å². The van der Waals surface area contributed by atoms with E-state index in [0.717, 1.165) is 19.3 Å². The first-order chi connectivity index (χ1) is 14.3. The Kier molecular flexibility index (Phi) is 3.95. The van der Waals surface area contributed by atoms with Crippen LogP contribution in [0.1, 0.15) is 52.9 Å². The van der Waals surface area contributed by atoms with Crippen LogP contribution >= 0.6 is 0 Å². The highest BCUT2D eigenvalue weighted by Crippen LogP contribution is 2.71. The van der Waals surface area contributed by atoms with Gasteiger partial charge < -0.3 is 24.1 Å². The SMILES string of the molecule is CC1=C2CC(=O)C=C[C@]2(C)[C@@H]2[C@@H](C1)[C@@H]1CC[C@@]3(OCOC34COCO4)[C@@]1(C)C[C@@H]2O. The van der Waals surface area contributed by atoms with Gasteiger partial charge in [-0.1, -0.05) is 31.1 Å². The molecule has 4 fully saturated rings. The number of hydrogen-bond acceptors (Lipinski definition) is 6. The van der Waals surface area contributed by atoms with Crippen LogP contribution in [-0.2, 0) is 23.7 Å². The number of aliphatic hydroxyl groups is 1. The highest BCUT2D eigenvalue weighted by Gasteiger charge is 2.76. The van der Waals surface area contributed by atoms with Crippen LogP contribution in [0.15, 0.2) is 23.3 Å². The lowest BCUT2D eigenvalue weighted by molar-refractivity contribution is -0.255. The Balaban J connectivity index is 1.45. The Bertz CT molecular complexity index is 850. The van der Waals surface area contributed by atoms with Gasteiger partial charge in [-0.15, -0.1) is 0 Å². The van der Waals surface area contributed by atoms with Crippen LogP contribution in [0, 0.1) is 28.6 Å². The van der Waals surface area contributed by atoms with E-state index in [-0.39, 0.29) is 36.1 Å². The summed E-state index contributed by atoms with van der Waals surface area (Å²) in [5.74, 6) is 0.163. The predicted molar refractivity (Wildman–Crippen MR) is 107 cm³/mol. The van der Waals surface area contributed by atoms with Gasteiger partial charge in [0.25, 0.3) is 0 Å². The number of fused-ring (bicyclic) bond motifs is 7. The zero-order valence-corrected chi connectivity index (χ0v) is 18.1. The number of carbonyl (C=O) groups excluding carboxylic acids is 1. The Morgan fingerprint density at radius 1 is 1.17 bits per heavy atom. The van der Waals surface area contributed by atoms with Crippen molar-refractivity contribution in [2.75, 3.05) is 20.2 Å². The Hall–Kier alpha value is -1.05. The molecule has 30 heavy (non-hydrogen) atoms. The molecule has 2 aliphatic heterocycles. The van der Waals surface area contributed by atoms with Crippen LogP contribution in [-0.4, -0.2) is 48.6 Å². The minimum Gasteiger partial charge on any atom is -0.393 e. The van der Waals surface area contributed by atoms with Crippen LogP contribution in [0.3, 0.4) is 0 Å². The molecule has 1 unspecified atom stereocenters. The first kappa shape index (κ1) is 19.6. The van der Waals surface area contributed by atoms with Crippen molar-refractivity contribution in [3.8, 4) is 0 Å². The Morgan fingerprint density at radius 3 is 2.73 bits per heavy atom. The first-order valence-electron chi connectivity index (χ1n) is 11.4. The number of carbonyl (C=O) groups is 1. The summed E-state index contributed by atoms with van der Waals surface area (Å²) in [5, 5.41) is 11.6. The van der Waals surface area contributed by atoms with Gasteiger partial charge in [-0.25, -0.2) is 0 Å². The molecule has 8 atom stereocenters. The third-order valence-corrected chi connectivity index (χ3v) is 9.82. The summed E-state index contributed by atoms with van der Waals surface area (Å²) in [5.41, 5.74) is 1.45. The maximum atomic E-state index is 12.2. The van der Waals surface area contributed by atoms with E-state index >= 15 is 0 Å². The van der Waals surface area contributed by atoms with Crippen molar-refractivity contribution in [1.29, 1.82) is 0 Å². The number of ether oxygens (including phenoxy) is 4. The maximum absolute atomic E-state index is 12.2. The molecule has 1 N–H and O–H groups in total. The molecule has 0 bridgehead atoms. The standard InChI is InChI=1S/C24H32O6/c1-14-8-16-17-5-7-23(24(30-13-28-23)11-27-12-29-24)22(17,3)10-19(26)20(16)21(2)6-4-15(25)9-18(14)21/h4,6,16-17,19-20,26H,5,7-13H2,1-3H3/t16-,17-,19-,20+,21-,22-,23+,24?/m0/s1. The fraction of sp³-hybridized carbons (Fsp3) is 0.792. The zero-order valence-electron chi connectivity index (χ0n) is 18.1. The number of ketones is 1. The van der Waals surface area contributed by atoms with Crippen molar-refractivity contribution in [3.63, 3.8) is 0 Å². The minimum atomic E-state index is -0.866. The van der Waals surface area contributed by atoms with E-state index in [4.69, 9.17) is 18.9 Å². The summed E-state index contributed by atoms with van der Waals surface area (Å²) in [6, 6.07) is 0. The van der Waals surface area contributed by atoms with Crippen LogP contribution in [0.2, 0.25) is 0 Å². The molecule has 2 saturated carbocycles. The van der Waals surface area contributed by atoms with Gasteiger partial charge in [0.2, 0.25) is 5.79 Å². The number of hydrogen-bond donors (Lipinski definition) is 1. The van der Waals surface area contributed by atoms with Crippen molar-refractivity contribution in [1.82, 2.24) is 0 Å². The second-order valence-corrected chi connectivity index (χ2v) is 10.8. The summed E-state index contributed by atoms with van der Waals surface area (Å²) in [4.78, 5) is 12.2. The van der Waals surface area contributed by atoms with Gasteiger partial charge in [0, 0.05) is 23.2 Å². The summed E-state index contributed by atoms with van der Waals surface area (Å²) < 4.78 is 24.1. The molecular weight excluding hydrogens is 384 g/mol. The number of aliphatic hydroxyl groups excluding tert-OH is 1. The van der Waals surface area contributed by atoms with E-state index in [1.54, 1.807) is 6.08 Å². The maximum Gasteiger partial charge on any atom is 0.226 e. The normalized spacial score (nSPS) is 54.7.